The lowest BCUT2D eigenvalue weighted by Gasteiger charge is -2.14. The van der Waals surface area contributed by atoms with Crippen LogP contribution in [-0.4, -0.2) is 29.0 Å². The zero-order valence-corrected chi connectivity index (χ0v) is 15.9. The Morgan fingerprint density at radius 2 is 1.69 bits per heavy atom. The van der Waals surface area contributed by atoms with Crippen LogP contribution in [0.25, 0.3) is 0 Å². The van der Waals surface area contributed by atoms with E-state index in [1.807, 2.05) is 19.1 Å². The smallest absolute Gasteiger partial charge is 0.339 e. The molecule has 1 amide bonds. The molecule has 9 nitrogen and oxygen atoms in total. The molecule has 0 saturated heterocycles. The number of nitrogens with zero attached hydrogens (tertiary/aromatic N) is 2. The fraction of sp³-hybridized carbons (Fsp3) is 0.100. The van der Waals surface area contributed by atoms with Crippen LogP contribution in [0.15, 0.2) is 54.9 Å². The number of benzene rings is 2. The van der Waals surface area contributed by atoms with Crippen LogP contribution in [0.4, 0.5) is 23.0 Å². The van der Waals surface area contributed by atoms with E-state index >= 15 is 0 Å². The molecule has 0 aliphatic rings. The van der Waals surface area contributed by atoms with Gasteiger partial charge in [0.1, 0.15) is 12.0 Å². The minimum Gasteiger partial charge on any atom is -0.465 e. The molecule has 2 aromatic carbocycles. The highest BCUT2D eigenvalue weighted by atomic mass is 16.5. The van der Waals surface area contributed by atoms with Crippen molar-refractivity contribution in [1.82, 2.24) is 15.4 Å². The quantitative estimate of drug-likeness (QED) is 0.372. The first-order valence-corrected chi connectivity index (χ1v) is 8.67. The largest absolute Gasteiger partial charge is 0.465 e. The van der Waals surface area contributed by atoms with Crippen molar-refractivity contribution in [3.8, 4) is 0 Å². The fourth-order valence-electron chi connectivity index (χ4n) is 2.50. The average Bonchev–Trinajstić information content (AvgIpc) is 2.74. The molecule has 3 aromatic rings. The second kappa shape index (κ2) is 8.70. The molecule has 148 valence electrons. The zero-order valence-electron chi connectivity index (χ0n) is 15.9. The van der Waals surface area contributed by atoms with Crippen LogP contribution in [-0.2, 0) is 4.74 Å². The molecule has 3 rings (SSSR count). The van der Waals surface area contributed by atoms with Gasteiger partial charge in [0.15, 0.2) is 11.6 Å². The van der Waals surface area contributed by atoms with E-state index in [2.05, 4.69) is 26.1 Å². The number of carbonyl (C=O) groups is 2. The first kappa shape index (κ1) is 19.6. The number of ether oxygens (including phenoxy) is 1. The normalized spacial score (nSPS) is 10.1. The Bertz CT molecular complexity index is 1040. The maximum Gasteiger partial charge on any atom is 0.339 e. The van der Waals surface area contributed by atoms with E-state index in [0.717, 1.165) is 5.56 Å². The van der Waals surface area contributed by atoms with Crippen molar-refractivity contribution >= 4 is 34.9 Å². The summed E-state index contributed by atoms with van der Waals surface area (Å²) in [6.07, 6.45) is 1.28. The Morgan fingerprint density at radius 3 is 2.41 bits per heavy atom. The van der Waals surface area contributed by atoms with E-state index in [1.54, 1.807) is 36.4 Å². The van der Waals surface area contributed by atoms with Crippen LogP contribution in [0, 0.1) is 6.92 Å². The van der Waals surface area contributed by atoms with Crippen molar-refractivity contribution in [2.45, 2.75) is 6.92 Å². The predicted octanol–water partition coefficient (Wildman–Crippen LogP) is 2.65. The van der Waals surface area contributed by atoms with E-state index in [4.69, 9.17) is 10.5 Å². The van der Waals surface area contributed by atoms with Crippen molar-refractivity contribution in [1.29, 1.82) is 0 Å². The van der Waals surface area contributed by atoms with Gasteiger partial charge in [-0.15, -0.1) is 0 Å². The summed E-state index contributed by atoms with van der Waals surface area (Å²) in [5.41, 5.74) is 13.9. The van der Waals surface area contributed by atoms with Gasteiger partial charge in [0.2, 0.25) is 0 Å². The van der Waals surface area contributed by atoms with E-state index in [1.165, 1.54) is 13.4 Å². The number of methoxy groups -OCH3 is 1. The van der Waals surface area contributed by atoms with Gasteiger partial charge in [0, 0.05) is 5.56 Å². The number of hydrogen-bond acceptors (Lipinski definition) is 8. The average molecular weight is 392 g/mol. The molecule has 0 bridgehead atoms. The van der Waals surface area contributed by atoms with E-state index in [0.29, 0.717) is 16.8 Å². The van der Waals surface area contributed by atoms with E-state index in [9.17, 15) is 9.59 Å². The molecule has 1 heterocycles. The highest BCUT2D eigenvalue weighted by Gasteiger charge is 2.15. The lowest BCUT2D eigenvalue weighted by molar-refractivity contribution is 0.0601. The summed E-state index contributed by atoms with van der Waals surface area (Å²) in [7, 11) is 1.30. The number of amides is 1. The van der Waals surface area contributed by atoms with Gasteiger partial charge < -0.3 is 15.8 Å². The maximum absolute atomic E-state index is 12.2. The minimum absolute atomic E-state index is 0.163. The number of nitrogens with two attached hydrogens (primary N) is 1. The SMILES string of the molecule is COC(=O)c1ccccc1Nc1ncnc(NNC(=O)c2ccc(C)cc2)c1N. The monoisotopic (exact) mass is 392 g/mol. The Kier molecular flexibility index (Phi) is 5.88. The van der Waals surface area contributed by atoms with Crippen LogP contribution >= 0.6 is 0 Å². The molecule has 0 unspecified atom stereocenters. The fourth-order valence-corrected chi connectivity index (χ4v) is 2.50. The molecule has 1 aromatic heterocycles. The number of esters is 1. The molecule has 9 heteroatoms. The summed E-state index contributed by atoms with van der Waals surface area (Å²) in [5, 5.41) is 2.99. The first-order valence-electron chi connectivity index (χ1n) is 8.67. The number of anilines is 4. The highest BCUT2D eigenvalue weighted by molar-refractivity contribution is 5.97. The molecule has 29 heavy (non-hydrogen) atoms. The van der Waals surface area contributed by atoms with Gasteiger partial charge in [-0.05, 0) is 31.2 Å². The van der Waals surface area contributed by atoms with Gasteiger partial charge in [-0.2, -0.15) is 0 Å². The minimum atomic E-state index is -0.496. The van der Waals surface area contributed by atoms with Crippen LogP contribution < -0.4 is 21.9 Å². The maximum atomic E-state index is 12.2. The number of carbonyl (C=O) groups excluding carboxylic acids is 2. The molecule has 0 spiro atoms. The van der Waals surface area contributed by atoms with Gasteiger partial charge in [0.25, 0.3) is 5.91 Å². The number of aryl methyl sites for hydroxylation is 1. The van der Waals surface area contributed by atoms with Crippen LogP contribution in [0.5, 0.6) is 0 Å². The van der Waals surface area contributed by atoms with Gasteiger partial charge in [-0.3, -0.25) is 15.6 Å². The standard InChI is InChI=1S/C20H20N6O3/c1-12-7-9-13(10-8-12)19(27)26-25-18-16(21)17(22-11-23-18)24-15-6-4-3-5-14(15)20(28)29-2/h3-11H,21H2,1-2H3,(H,26,27)(H2,22,23,24,25). The van der Waals surface area contributed by atoms with Crippen molar-refractivity contribution in [2.24, 2.45) is 0 Å². The van der Waals surface area contributed by atoms with E-state index in [-0.39, 0.29) is 23.2 Å². The summed E-state index contributed by atoms with van der Waals surface area (Å²) in [4.78, 5) is 32.3. The van der Waals surface area contributed by atoms with Gasteiger partial charge in [-0.25, -0.2) is 14.8 Å². The van der Waals surface area contributed by atoms with Crippen LogP contribution in [0.3, 0.4) is 0 Å². The second-order valence-corrected chi connectivity index (χ2v) is 6.09. The third kappa shape index (κ3) is 4.59. The summed E-state index contributed by atoms with van der Waals surface area (Å²) < 4.78 is 4.78. The summed E-state index contributed by atoms with van der Waals surface area (Å²) in [6.45, 7) is 1.94. The van der Waals surface area contributed by atoms with Crippen molar-refractivity contribution < 1.29 is 14.3 Å². The molecule has 0 aliphatic carbocycles. The number of hydrogen-bond donors (Lipinski definition) is 4. The Labute approximate surface area is 167 Å². The molecule has 0 saturated carbocycles. The number of rotatable bonds is 6. The summed E-state index contributed by atoms with van der Waals surface area (Å²) in [6, 6.07) is 13.9. The van der Waals surface area contributed by atoms with Crippen LogP contribution in [0.2, 0.25) is 0 Å². The van der Waals surface area contributed by atoms with Gasteiger partial charge >= 0.3 is 5.97 Å². The number of hydrazine groups is 1. The second-order valence-electron chi connectivity index (χ2n) is 6.09. The predicted molar refractivity (Wildman–Crippen MR) is 110 cm³/mol. The lowest BCUT2D eigenvalue weighted by Crippen LogP contribution is -2.30. The van der Waals surface area contributed by atoms with Gasteiger partial charge in [0.05, 0.1) is 18.4 Å². The number of para-hydroxylation sites is 1. The molecular formula is C20H20N6O3. The number of nitrogen functional groups attached to an aromatic ring is 1. The van der Waals surface area contributed by atoms with Crippen molar-refractivity contribution in [3.05, 3.63) is 71.5 Å². The summed E-state index contributed by atoms with van der Waals surface area (Å²) in [5.74, 6) is -0.361. The van der Waals surface area contributed by atoms with Crippen molar-refractivity contribution in [3.63, 3.8) is 0 Å². The molecule has 0 radical (unpaired) electrons. The van der Waals surface area contributed by atoms with E-state index < -0.39 is 5.97 Å². The Balaban J connectivity index is 1.76. The third-order valence-corrected chi connectivity index (χ3v) is 4.08. The highest BCUT2D eigenvalue weighted by Crippen LogP contribution is 2.27. The first-order chi connectivity index (χ1) is 14.0. The summed E-state index contributed by atoms with van der Waals surface area (Å²) >= 11 is 0. The molecule has 5 N–H and O–H groups in total. The van der Waals surface area contributed by atoms with Gasteiger partial charge in [-0.1, -0.05) is 29.8 Å². The third-order valence-electron chi connectivity index (χ3n) is 4.08. The number of nitrogens with one attached hydrogen (secondary N) is 3. The lowest BCUT2D eigenvalue weighted by atomic mass is 10.1. The Morgan fingerprint density at radius 1 is 1.00 bits per heavy atom. The molecule has 0 fully saturated rings. The molecule has 0 atom stereocenters. The van der Waals surface area contributed by atoms with Crippen molar-refractivity contribution in [2.75, 3.05) is 23.6 Å². The number of aromatic nitrogens is 2. The Hall–Kier alpha value is -4.14. The topological polar surface area (TPSA) is 131 Å². The molecular weight excluding hydrogens is 372 g/mol. The zero-order chi connectivity index (χ0) is 20.8. The van der Waals surface area contributed by atoms with Crippen LogP contribution in [0.1, 0.15) is 26.3 Å². The molecule has 0 aliphatic heterocycles.